The van der Waals surface area contributed by atoms with E-state index in [0.29, 0.717) is 0 Å². The minimum Gasteiger partial charge on any atom is -0.471 e. The van der Waals surface area contributed by atoms with Crippen LogP contribution < -0.4 is 0 Å². The van der Waals surface area contributed by atoms with E-state index in [1.54, 1.807) is 0 Å². The molecule has 0 aliphatic rings. The highest BCUT2D eigenvalue weighted by Gasteiger charge is 2.23. The molecule has 0 aromatic rings. The quantitative estimate of drug-likeness (QED) is 0.523. The normalized spacial score (nSPS) is 11.7. The third-order valence-corrected chi connectivity index (χ3v) is 2.02. The number of hydrogen-bond donors (Lipinski definition) is 0. The van der Waals surface area contributed by atoms with E-state index in [1.807, 2.05) is 12.2 Å². The predicted molar refractivity (Wildman–Crippen MR) is 73.5 cm³/mol. The third-order valence-electron chi connectivity index (χ3n) is 2.02. The van der Waals surface area contributed by atoms with Gasteiger partial charge in [0.05, 0.1) is 0 Å². The van der Waals surface area contributed by atoms with E-state index in [4.69, 9.17) is 0 Å². The van der Waals surface area contributed by atoms with Crippen molar-refractivity contribution in [1.29, 1.82) is 0 Å². The van der Waals surface area contributed by atoms with Gasteiger partial charge in [-0.2, -0.15) is 0 Å². The molecule has 0 aliphatic heterocycles. The summed E-state index contributed by atoms with van der Waals surface area (Å²) in [5, 5.41) is 0. The fraction of sp³-hybridized carbons (Fsp3) is 0.636. The molecule has 0 amide bonds. The van der Waals surface area contributed by atoms with Crippen LogP contribution in [0.1, 0.15) is 34.1 Å². The third kappa shape index (κ3) is 9.96. The van der Waals surface area contributed by atoms with Gasteiger partial charge >= 0.3 is 0 Å². The Bertz CT molecular complexity index is 156. The second-order valence-electron chi connectivity index (χ2n) is 4.97. The molecule has 0 bridgehead atoms. The van der Waals surface area contributed by atoms with Crippen LogP contribution in [0.25, 0.3) is 0 Å². The topological polar surface area (TPSA) is 9.23 Å². The molecular formula is C11H26OSi2. The average molecular weight is 230 g/mol. The van der Waals surface area contributed by atoms with Crippen molar-refractivity contribution in [2.75, 3.05) is 0 Å². The van der Waals surface area contributed by atoms with E-state index >= 15 is 0 Å². The molecule has 0 atom stereocenters. The van der Waals surface area contributed by atoms with E-state index in [0.717, 1.165) is 27.4 Å². The van der Waals surface area contributed by atoms with Crippen LogP contribution in [-0.2, 0) is 4.12 Å². The Morgan fingerprint density at radius 1 is 1.00 bits per heavy atom. The summed E-state index contributed by atoms with van der Waals surface area (Å²) in [5.41, 5.74) is 0.440. The van der Waals surface area contributed by atoms with E-state index in [2.05, 4.69) is 45.0 Å². The molecule has 0 heterocycles. The van der Waals surface area contributed by atoms with Gasteiger partial charge in [0.2, 0.25) is 0 Å². The Balaban J connectivity index is 0. The monoisotopic (exact) mass is 230 g/mol. The zero-order valence-electron chi connectivity index (χ0n) is 10.7. The molecule has 0 fully saturated rings. The van der Waals surface area contributed by atoms with Gasteiger partial charge in [0, 0.05) is 0 Å². The maximum absolute atomic E-state index is 4.53. The van der Waals surface area contributed by atoms with E-state index < -0.39 is 0 Å². The molecule has 3 heteroatoms. The van der Waals surface area contributed by atoms with Crippen molar-refractivity contribution >= 4 is 21.0 Å². The molecule has 0 aromatic heterocycles. The number of rotatable bonds is 4. The maximum Gasteiger partial charge on any atom is 0.129 e. The molecule has 0 saturated heterocycles. The van der Waals surface area contributed by atoms with Crippen LogP contribution in [0.15, 0.2) is 25.3 Å². The summed E-state index contributed by atoms with van der Waals surface area (Å²) in [4.78, 5) is 0. The Labute approximate surface area is 95.7 Å². The Hall–Kier alpha value is -0.126. The molecule has 84 valence electrons. The molecule has 0 N–H and O–H groups in total. The van der Waals surface area contributed by atoms with Gasteiger partial charge in [-0.25, -0.2) is 0 Å². The summed E-state index contributed by atoms with van der Waals surface area (Å²) in [6.07, 6.45) is 5.13. The van der Waals surface area contributed by atoms with Gasteiger partial charge in [-0.15, -0.1) is 13.2 Å². The van der Waals surface area contributed by atoms with Gasteiger partial charge in [0.25, 0.3) is 0 Å². The first kappa shape index (κ1) is 16.3. The first-order valence-electron chi connectivity index (χ1n) is 4.92. The van der Waals surface area contributed by atoms with Crippen molar-refractivity contribution in [2.24, 2.45) is 10.8 Å². The molecule has 0 radical (unpaired) electrons. The van der Waals surface area contributed by atoms with Crippen molar-refractivity contribution in [3.05, 3.63) is 25.3 Å². The molecule has 1 nitrogen and oxygen atoms in total. The van der Waals surface area contributed by atoms with E-state index in [1.165, 1.54) is 0 Å². The molecule has 0 rings (SSSR count). The van der Waals surface area contributed by atoms with Crippen LogP contribution in [0.4, 0.5) is 0 Å². The lowest BCUT2D eigenvalue weighted by molar-refractivity contribution is 0.297. The van der Waals surface area contributed by atoms with Crippen molar-refractivity contribution in [2.45, 2.75) is 34.1 Å². The summed E-state index contributed by atoms with van der Waals surface area (Å²) < 4.78 is 4.53. The molecule has 0 aromatic carbocycles. The first-order valence-corrected chi connectivity index (χ1v) is 6.55. The van der Waals surface area contributed by atoms with Crippen LogP contribution in [-0.4, -0.2) is 21.0 Å². The zero-order chi connectivity index (χ0) is 11.8. The molecular weight excluding hydrogens is 204 g/mol. The van der Waals surface area contributed by atoms with Crippen molar-refractivity contribution in [3.8, 4) is 0 Å². The lowest BCUT2D eigenvalue weighted by Crippen LogP contribution is -2.18. The highest BCUT2D eigenvalue weighted by atomic mass is 28.3. The minimum absolute atomic E-state index is 0.220. The van der Waals surface area contributed by atoms with E-state index in [9.17, 15) is 0 Å². The van der Waals surface area contributed by atoms with E-state index in [-0.39, 0.29) is 10.8 Å². The van der Waals surface area contributed by atoms with Gasteiger partial charge in [-0.1, -0.05) is 39.8 Å². The van der Waals surface area contributed by atoms with Gasteiger partial charge < -0.3 is 4.12 Å². The lowest BCUT2D eigenvalue weighted by atomic mass is 9.75. The van der Waals surface area contributed by atoms with Crippen LogP contribution in [0, 0.1) is 10.8 Å². The fourth-order valence-corrected chi connectivity index (χ4v) is 1.32. The fourth-order valence-electron chi connectivity index (χ4n) is 1.32. The summed E-state index contributed by atoms with van der Waals surface area (Å²) in [5.74, 6) is 0. The van der Waals surface area contributed by atoms with Gasteiger partial charge in [0.15, 0.2) is 0 Å². The minimum atomic E-state index is 0.220. The summed E-state index contributed by atoms with van der Waals surface area (Å²) in [6, 6.07) is 0. The number of allylic oxidation sites excluding steroid dienone is 2. The standard InChI is InChI=1S/C11H20.H6OSi2/c1-7-10(3,4)9-11(5,6)8-2;2-1-3/h7-8H,1-2,9H2,3-6H3;2-3H3. The molecule has 0 aliphatic carbocycles. The van der Waals surface area contributed by atoms with Crippen LogP contribution in [0.3, 0.4) is 0 Å². The second kappa shape index (κ2) is 7.20. The lowest BCUT2D eigenvalue weighted by Gasteiger charge is -2.30. The van der Waals surface area contributed by atoms with Crippen molar-refractivity contribution in [3.63, 3.8) is 0 Å². The SMILES string of the molecule is C=CC(C)(C)CC(C)(C)C=C.[SiH3]O[SiH3]. The predicted octanol–water partition coefficient (Wildman–Crippen LogP) is 1.36. The van der Waals surface area contributed by atoms with Gasteiger partial charge in [-0.3, -0.25) is 0 Å². The smallest absolute Gasteiger partial charge is 0.129 e. The van der Waals surface area contributed by atoms with Crippen LogP contribution >= 0.6 is 0 Å². The largest absolute Gasteiger partial charge is 0.471 e. The van der Waals surface area contributed by atoms with Crippen LogP contribution in [0.5, 0.6) is 0 Å². The Kier molecular flexibility index (Phi) is 8.39. The summed E-state index contributed by atoms with van der Waals surface area (Å²) in [7, 11) is 1.86. The first-order chi connectivity index (χ1) is 6.24. The Morgan fingerprint density at radius 3 is 1.36 bits per heavy atom. The van der Waals surface area contributed by atoms with Gasteiger partial charge in [-0.05, 0) is 17.3 Å². The molecule has 0 saturated carbocycles. The summed E-state index contributed by atoms with van der Waals surface area (Å²) in [6.45, 7) is 16.4. The highest BCUT2D eigenvalue weighted by molar-refractivity contribution is 6.15. The highest BCUT2D eigenvalue weighted by Crippen LogP contribution is 2.34. The summed E-state index contributed by atoms with van der Waals surface area (Å²) >= 11 is 0. The van der Waals surface area contributed by atoms with Crippen LogP contribution in [0.2, 0.25) is 0 Å². The molecule has 0 unspecified atom stereocenters. The molecule has 0 spiro atoms. The number of hydrogen-bond acceptors (Lipinski definition) is 1. The molecule has 14 heavy (non-hydrogen) atoms. The zero-order valence-corrected chi connectivity index (χ0v) is 14.7. The second-order valence-corrected chi connectivity index (χ2v) is 8.24. The van der Waals surface area contributed by atoms with Crippen molar-refractivity contribution < 1.29 is 4.12 Å². The van der Waals surface area contributed by atoms with Crippen molar-refractivity contribution in [1.82, 2.24) is 0 Å². The van der Waals surface area contributed by atoms with Gasteiger partial charge in [0.1, 0.15) is 21.0 Å². The Morgan fingerprint density at radius 2 is 1.21 bits per heavy atom. The average Bonchev–Trinajstić information content (AvgIpc) is 2.04. The maximum atomic E-state index is 4.53.